The number of hydrogen-bond acceptors (Lipinski definition) is 5. The Kier molecular flexibility index (Phi) is 6.86. The van der Waals surface area contributed by atoms with E-state index in [1.165, 1.54) is 41.3 Å². The van der Waals surface area contributed by atoms with Crippen LogP contribution in [0.3, 0.4) is 0 Å². The van der Waals surface area contributed by atoms with Gasteiger partial charge >= 0.3 is 0 Å². The molecule has 5 nitrogen and oxygen atoms in total. The lowest BCUT2D eigenvalue weighted by Crippen LogP contribution is -2.47. The second-order valence-electron chi connectivity index (χ2n) is 8.86. The van der Waals surface area contributed by atoms with Crippen molar-refractivity contribution in [3.05, 3.63) is 54.1 Å². The fourth-order valence-electron chi connectivity index (χ4n) is 4.75. The van der Waals surface area contributed by atoms with Gasteiger partial charge in [-0.15, -0.1) is 0 Å². The van der Waals surface area contributed by atoms with Crippen molar-refractivity contribution in [1.29, 1.82) is 0 Å². The molecule has 2 N–H and O–H groups in total. The first-order chi connectivity index (χ1) is 15.7. The summed E-state index contributed by atoms with van der Waals surface area (Å²) in [4.78, 5) is 5.01. The van der Waals surface area contributed by atoms with Gasteiger partial charge in [0, 0.05) is 49.8 Å². The minimum absolute atomic E-state index is 0.545. The Morgan fingerprint density at radius 1 is 1.00 bits per heavy atom. The van der Waals surface area contributed by atoms with Crippen LogP contribution in [0.5, 0.6) is 0 Å². The molecule has 0 bridgehead atoms. The van der Waals surface area contributed by atoms with Gasteiger partial charge in [-0.05, 0) is 72.8 Å². The van der Waals surface area contributed by atoms with E-state index in [9.17, 15) is 0 Å². The van der Waals surface area contributed by atoms with Gasteiger partial charge in [0.05, 0.1) is 4.70 Å². The number of piperazine rings is 1. The third-order valence-electron chi connectivity index (χ3n) is 6.65. The second-order valence-corrected chi connectivity index (χ2v) is 10.1. The summed E-state index contributed by atoms with van der Waals surface area (Å²) >= 11 is 7.08. The zero-order valence-electron chi connectivity index (χ0n) is 18.4. The van der Waals surface area contributed by atoms with Crippen molar-refractivity contribution >= 4 is 50.5 Å². The number of aromatic nitrogens is 1. The van der Waals surface area contributed by atoms with Crippen molar-refractivity contribution < 1.29 is 0 Å². The zero-order chi connectivity index (χ0) is 21.8. The highest BCUT2D eigenvalue weighted by Gasteiger charge is 2.20. The minimum Gasteiger partial charge on any atom is -0.360 e. The lowest BCUT2D eigenvalue weighted by Gasteiger charge is -2.35. The standard InChI is InChI=1S/C25H31N5S2/c31-25(26-20-5-1-2-6-20)27-21-11-9-19(10-12-21)13-14-29-15-17-30(18-16-29)24-22-7-3-4-8-23(22)32-28-24/h3-4,7-12,20H,1-2,5-6,13-18H2,(H2,26,27,31). The van der Waals surface area contributed by atoms with Crippen LogP contribution in [0, 0.1) is 0 Å². The van der Waals surface area contributed by atoms with E-state index in [1.807, 2.05) is 0 Å². The zero-order valence-corrected chi connectivity index (χ0v) is 20.1. The summed E-state index contributed by atoms with van der Waals surface area (Å²) in [6.45, 7) is 5.36. The van der Waals surface area contributed by atoms with Crippen LogP contribution in [0.2, 0.25) is 0 Å². The Labute approximate surface area is 200 Å². The maximum atomic E-state index is 5.47. The Hall–Kier alpha value is -2.22. The number of benzene rings is 2. The van der Waals surface area contributed by atoms with Crippen LogP contribution in [0.4, 0.5) is 11.5 Å². The fourth-order valence-corrected chi connectivity index (χ4v) is 5.83. The van der Waals surface area contributed by atoms with Crippen LogP contribution in [-0.4, -0.2) is 53.2 Å². The molecule has 2 aliphatic rings. The second kappa shape index (κ2) is 10.1. The summed E-state index contributed by atoms with van der Waals surface area (Å²) in [5.74, 6) is 1.16. The molecule has 0 amide bonds. The predicted octanol–water partition coefficient (Wildman–Crippen LogP) is 4.89. The maximum Gasteiger partial charge on any atom is 0.170 e. The van der Waals surface area contributed by atoms with E-state index >= 15 is 0 Å². The molecule has 1 aliphatic heterocycles. The number of anilines is 2. The number of fused-ring (bicyclic) bond motifs is 1. The molecule has 168 valence electrons. The van der Waals surface area contributed by atoms with Crippen LogP contribution in [0.25, 0.3) is 10.1 Å². The average molecular weight is 466 g/mol. The van der Waals surface area contributed by atoms with Gasteiger partial charge in [-0.1, -0.05) is 37.1 Å². The minimum atomic E-state index is 0.545. The Balaban J connectivity index is 1.07. The Bertz CT molecular complexity index is 1030. The largest absolute Gasteiger partial charge is 0.360 e. The van der Waals surface area contributed by atoms with Crippen molar-refractivity contribution in [3.8, 4) is 0 Å². The van der Waals surface area contributed by atoms with E-state index in [2.05, 4.69) is 69.0 Å². The Morgan fingerprint density at radius 3 is 2.53 bits per heavy atom. The molecular formula is C25H31N5S2. The highest BCUT2D eigenvalue weighted by molar-refractivity contribution is 7.80. The SMILES string of the molecule is S=C(Nc1ccc(CCN2CCN(c3nsc4ccccc34)CC2)cc1)NC1CCCC1. The van der Waals surface area contributed by atoms with E-state index in [4.69, 9.17) is 16.6 Å². The first-order valence-corrected chi connectivity index (χ1v) is 12.9. The van der Waals surface area contributed by atoms with E-state index in [1.54, 1.807) is 11.5 Å². The van der Waals surface area contributed by atoms with Crippen molar-refractivity contribution in [2.75, 3.05) is 42.9 Å². The molecule has 32 heavy (non-hydrogen) atoms. The van der Waals surface area contributed by atoms with E-state index < -0.39 is 0 Å². The number of nitrogens with one attached hydrogen (secondary N) is 2. The van der Waals surface area contributed by atoms with Crippen molar-refractivity contribution in [2.45, 2.75) is 38.1 Å². The third-order valence-corrected chi connectivity index (χ3v) is 7.69. The average Bonchev–Trinajstić information content (AvgIpc) is 3.49. The molecule has 0 atom stereocenters. The van der Waals surface area contributed by atoms with Crippen molar-refractivity contribution in [3.63, 3.8) is 0 Å². The normalized spacial score (nSPS) is 17.7. The van der Waals surface area contributed by atoms with Gasteiger partial charge in [-0.3, -0.25) is 4.90 Å². The van der Waals surface area contributed by atoms with Gasteiger partial charge in [0.15, 0.2) is 5.11 Å². The number of thiocarbonyl (C=S) groups is 1. The topological polar surface area (TPSA) is 43.4 Å². The van der Waals surface area contributed by atoms with Crippen LogP contribution < -0.4 is 15.5 Å². The molecule has 3 aromatic rings. The number of hydrogen-bond donors (Lipinski definition) is 2. The number of nitrogens with zero attached hydrogens (tertiary/aromatic N) is 3. The highest BCUT2D eigenvalue weighted by atomic mass is 32.1. The van der Waals surface area contributed by atoms with E-state index in [0.29, 0.717) is 6.04 Å². The summed E-state index contributed by atoms with van der Waals surface area (Å²) in [7, 11) is 0. The van der Waals surface area contributed by atoms with Gasteiger partial charge in [0.1, 0.15) is 5.82 Å². The molecule has 0 radical (unpaired) electrons. The summed E-state index contributed by atoms with van der Waals surface area (Å²) in [5.41, 5.74) is 2.44. The summed E-state index contributed by atoms with van der Waals surface area (Å²) in [6.07, 6.45) is 6.16. The molecule has 1 saturated heterocycles. The van der Waals surface area contributed by atoms with Crippen LogP contribution in [0.15, 0.2) is 48.5 Å². The molecule has 1 saturated carbocycles. The third kappa shape index (κ3) is 5.22. The lowest BCUT2D eigenvalue weighted by molar-refractivity contribution is 0.261. The molecule has 0 spiro atoms. The quantitative estimate of drug-likeness (QED) is 0.506. The van der Waals surface area contributed by atoms with Crippen LogP contribution in [0.1, 0.15) is 31.2 Å². The van der Waals surface area contributed by atoms with E-state index in [0.717, 1.165) is 55.8 Å². The molecule has 1 aliphatic carbocycles. The molecule has 0 unspecified atom stereocenters. The molecule has 5 rings (SSSR count). The first-order valence-electron chi connectivity index (χ1n) is 11.7. The van der Waals surface area contributed by atoms with Gasteiger partial charge in [-0.2, -0.15) is 4.37 Å². The maximum absolute atomic E-state index is 5.47. The van der Waals surface area contributed by atoms with Crippen molar-refractivity contribution in [1.82, 2.24) is 14.6 Å². The van der Waals surface area contributed by atoms with Crippen LogP contribution in [-0.2, 0) is 6.42 Å². The van der Waals surface area contributed by atoms with Gasteiger partial charge < -0.3 is 15.5 Å². The molecule has 1 aromatic heterocycles. The highest BCUT2D eigenvalue weighted by Crippen LogP contribution is 2.29. The Morgan fingerprint density at radius 2 is 1.75 bits per heavy atom. The smallest absolute Gasteiger partial charge is 0.170 e. The molecule has 2 heterocycles. The van der Waals surface area contributed by atoms with Gasteiger partial charge in [0.25, 0.3) is 0 Å². The predicted molar refractivity (Wildman–Crippen MR) is 140 cm³/mol. The molecule has 2 fully saturated rings. The summed E-state index contributed by atoms with van der Waals surface area (Å²) in [5, 5.41) is 8.81. The summed E-state index contributed by atoms with van der Waals surface area (Å²) in [6, 6.07) is 17.8. The van der Waals surface area contributed by atoms with E-state index in [-0.39, 0.29) is 0 Å². The number of rotatable bonds is 6. The first kappa shape index (κ1) is 21.6. The lowest BCUT2D eigenvalue weighted by atomic mass is 10.1. The van der Waals surface area contributed by atoms with Crippen molar-refractivity contribution in [2.24, 2.45) is 0 Å². The fraction of sp³-hybridized carbons (Fsp3) is 0.440. The monoisotopic (exact) mass is 465 g/mol. The van der Waals surface area contributed by atoms with Gasteiger partial charge in [0.2, 0.25) is 0 Å². The molecule has 2 aromatic carbocycles. The molecular weight excluding hydrogens is 434 g/mol. The van der Waals surface area contributed by atoms with Gasteiger partial charge in [-0.25, -0.2) is 0 Å². The van der Waals surface area contributed by atoms with Crippen LogP contribution >= 0.6 is 23.8 Å². The molecule has 7 heteroatoms. The summed E-state index contributed by atoms with van der Waals surface area (Å²) < 4.78 is 6.00.